The number of hydrogen-bond donors (Lipinski definition) is 0. The lowest BCUT2D eigenvalue weighted by atomic mass is 10.5. The second kappa shape index (κ2) is 3.00. The zero-order chi connectivity index (χ0) is 8.32. The van der Waals surface area contributed by atoms with Crippen molar-refractivity contribution in [3.05, 3.63) is 24.5 Å². The van der Waals surface area contributed by atoms with Crippen molar-refractivity contribution in [2.75, 3.05) is 5.75 Å². The van der Waals surface area contributed by atoms with Gasteiger partial charge in [0.15, 0.2) is 9.84 Å². The molecule has 3 nitrogen and oxygen atoms in total. The van der Waals surface area contributed by atoms with Gasteiger partial charge < -0.3 is 0 Å². The van der Waals surface area contributed by atoms with Crippen LogP contribution in [0, 0.1) is 6.20 Å². The summed E-state index contributed by atoms with van der Waals surface area (Å²) >= 11 is 0. The van der Waals surface area contributed by atoms with Gasteiger partial charge in [-0.1, -0.05) is 6.92 Å². The summed E-state index contributed by atoms with van der Waals surface area (Å²) in [6.07, 6.45) is 3.92. The molecule has 0 saturated heterocycles. The molecule has 4 heteroatoms. The van der Waals surface area contributed by atoms with Crippen LogP contribution in [0.2, 0.25) is 0 Å². The van der Waals surface area contributed by atoms with Gasteiger partial charge in [0, 0.05) is 6.20 Å². The van der Waals surface area contributed by atoms with E-state index in [1.54, 1.807) is 13.0 Å². The lowest BCUT2D eigenvalue weighted by Crippen LogP contribution is -2.03. The number of sulfone groups is 1. The SMILES string of the molecule is CCS(=O)(=O)c1[c]nccc1. The molecule has 1 rings (SSSR count). The predicted molar refractivity (Wildman–Crippen MR) is 40.8 cm³/mol. The first-order valence-electron chi connectivity index (χ1n) is 3.22. The maximum absolute atomic E-state index is 11.1. The van der Waals surface area contributed by atoms with Crippen molar-refractivity contribution in [3.8, 4) is 0 Å². The first kappa shape index (κ1) is 8.20. The highest BCUT2D eigenvalue weighted by atomic mass is 32.2. The molecule has 1 radical (unpaired) electrons. The summed E-state index contributed by atoms with van der Waals surface area (Å²) in [4.78, 5) is 3.76. The Labute approximate surface area is 66.0 Å². The monoisotopic (exact) mass is 170 g/mol. The van der Waals surface area contributed by atoms with Crippen molar-refractivity contribution >= 4 is 9.84 Å². The van der Waals surface area contributed by atoms with E-state index < -0.39 is 9.84 Å². The minimum Gasteiger partial charge on any atom is -0.253 e. The van der Waals surface area contributed by atoms with Crippen molar-refractivity contribution in [1.82, 2.24) is 4.98 Å². The standard InChI is InChI=1S/C7H8NO2S/c1-2-11(9,10)7-4-3-5-8-6-7/h3-5H,2H2,1H3. The van der Waals surface area contributed by atoms with Crippen molar-refractivity contribution < 1.29 is 8.42 Å². The highest BCUT2D eigenvalue weighted by Crippen LogP contribution is 2.06. The van der Waals surface area contributed by atoms with Crippen molar-refractivity contribution in [2.24, 2.45) is 0 Å². The molecule has 0 aliphatic carbocycles. The smallest absolute Gasteiger partial charge is 0.180 e. The van der Waals surface area contributed by atoms with Gasteiger partial charge in [0.1, 0.15) is 6.20 Å². The summed E-state index contributed by atoms with van der Waals surface area (Å²) in [5.41, 5.74) is 0. The second-order valence-corrected chi connectivity index (χ2v) is 4.26. The fourth-order valence-electron chi connectivity index (χ4n) is 0.640. The number of nitrogens with zero attached hydrogens (tertiary/aromatic N) is 1. The molecule has 0 amide bonds. The topological polar surface area (TPSA) is 47.0 Å². The molecule has 0 N–H and O–H groups in total. The summed E-state index contributed by atoms with van der Waals surface area (Å²) in [5, 5.41) is 0. The quantitative estimate of drug-likeness (QED) is 0.655. The summed E-state index contributed by atoms with van der Waals surface area (Å²) in [7, 11) is -3.12. The van der Waals surface area contributed by atoms with Crippen LogP contribution >= 0.6 is 0 Å². The normalized spacial score (nSPS) is 11.4. The van der Waals surface area contributed by atoms with Gasteiger partial charge in [-0.15, -0.1) is 0 Å². The molecule has 0 saturated carbocycles. The molecule has 1 heterocycles. The molecule has 0 aliphatic heterocycles. The van der Waals surface area contributed by atoms with Crippen LogP contribution in [0.15, 0.2) is 23.2 Å². The van der Waals surface area contributed by atoms with E-state index in [9.17, 15) is 8.42 Å². The Balaban J connectivity index is 3.14. The van der Waals surface area contributed by atoms with E-state index in [0.717, 1.165) is 0 Å². The molecule has 0 atom stereocenters. The van der Waals surface area contributed by atoms with Gasteiger partial charge in [0.05, 0.1) is 10.6 Å². The second-order valence-electron chi connectivity index (χ2n) is 2.02. The molecule has 0 bridgehead atoms. The van der Waals surface area contributed by atoms with Crippen molar-refractivity contribution in [1.29, 1.82) is 0 Å². The fraction of sp³-hybridized carbons (Fsp3) is 0.286. The largest absolute Gasteiger partial charge is 0.253 e. The van der Waals surface area contributed by atoms with Gasteiger partial charge in [-0.25, -0.2) is 8.42 Å². The number of aromatic nitrogens is 1. The van der Waals surface area contributed by atoms with E-state index in [-0.39, 0.29) is 10.6 Å². The highest BCUT2D eigenvalue weighted by molar-refractivity contribution is 7.91. The van der Waals surface area contributed by atoms with Gasteiger partial charge in [-0.2, -0.15) is 0 Å². The summed E-state index contributed by atoms with van der Waals surface area (Å²) in [6.45, 7) is 1.59. The predicted octanol–water partition coefficient (Wildman–Crippen LogP) is 0.675. The zero-order valence-corrected chi connectivity index (χ0v) is 6.93. The van der Waals surface area contributed by atoms with Crippen LogP contribution in [-0.4, -0.2) is 19.2 Å². The molecule has 0 unspecified atom stereocenters. The minimum atomic E-state index is -3.12. The van der Waals surface area contributed by atoms with Crippen LogP contribution in [0.25, 0.3) is 0 Å². The lowest BCUT2D eigenvalue weighted by molar-refractivity contribution is 0.596. The maximum atomic E-state index is 11.1. The number of hydrogen-bond acceptors (Lipinski definition) is 3. The Hall–Kier alpha value is -0.900. The molecule has 1 aromatic heterocycles. The number of rotatable bonds is 2. The minimum absolute atomic E-state index is 0.0925. The van der Waals surface area contributed by atoms with Crippen LogP contribution in [0.5, 0.6) is 0 Å². The maximum Gasteiger partial charge on any atom is 0.180 e. The van der Waals surface area contributed by atoms with Gasteiger partial charge in [-0.05, 0) is 12.1 Å². The van der Waals surface area contributed by atoms with E-state index in [1.807, 2.05) is 0 Å². The number of pyridine rings is 1. The molecule has 0 spiro atoms. The first-order valence-corrected chi connectivity index (χ1v) is 4.87. The van der Waals surface area contributed by atoms with E-state index >= 15 is 0 Å². The Morgan fingerprint density at radius 2 is 2.36 bits per heavy atom. The Morgan fingerprint density at radius 3 is 2.82 bits per heavy atom. The Bertz CT molecular complexity index is 318. The third kappa shape index (κ3) is 1.77. The van der Waals surface area contributed by atoms with E-state index in [0.29, 0.717) is 0 Å². The van der Waals surface area contributed by atoms with E-state index in [1.165, 1.54) is 12.3 Å². The zero-order valence-electron chi connectivity index (χ0n) is 6.11. The van der Waals surface area contributed by atoms with Crippen LogP contribution in [0.1, 0.15) is 6.92 Å². The molecule has 0 aromatic carbocycles. The summed E-state index contributed by atoms with van der Waals surface area (Å²) in [5.74, 6) is 0.0925. The van der Waals surface area contributed by atoms with Crippen LogP contribution in [0.4, 0.5) is 0 Å². The summed E-state index contributed by atoms with van der Waals surface area (Å²) in [6, 6.07) is 3.07. The van der Waals surface area contributed by atoms with E-state index in [4.69, 9.17) is 0 Å². The molecule has 59 valence electrons. The molecule has 11 heavy (non-hydrogen) atoms. The Kier molecular flexibility index (Phi) is 2.24. The van der Waals surface area contributed by atoms with Crippen molar-refractivity contribution in [3.63, 3.8) is 0 Å². The van der Waals surface area contributed by atoms with Gasteiger partial charge in [0.2, 0.25) is 0 Å². The lowest BCUT2D eigenvalue weighted by Gasteiger charge is -1.96. The van der Waals surface area contributed by atoms with Crippen LogP contribution in [-0.2, 0) is 9.84 Å². The first-order chi connectivity index (χ1) is 5.17. The molecule has 0 fully saturated rings. The molecular weight excluding hydrogens is 162 g/mol. The average molecular weight is 170 g/mol. The summed E-state index contributed by atoms with van der Waals surface area (Å²) < 4.78 is 22.3. The third-order valence-electron chi connectivity index (χ3n) is 1.30. The Morgan fingerprint density at radius 1 is 1.64 bits per heavy atom. The van der Waals surface area contributed by atoms with Crippen LogP contribution in [0.3, 0.4) is 0 Å². The van der Waals surface area contributed by atoms with Crippen molar-refractivity contribution in [2.45, 2.75) is 11.8 Å². The van der Waals surface area contributed by atoms with Gasteiger partial charge in [0.25, 0.3) is 0 Å². The van der Waals surface area contributed by atoms with Gasteiger partial charge in [-0.3, -0.25) is 4.98 Å². The molecule has 0 aliphatic rings. The molecule has 1 aromatic rings. The third-order valence-corrected chi connectivity index (χ3v) is 2.96. The molecular formula is C7H8NO2S. The fourth-order valence-corrected chi connectivity index (χ4v) is 1.43. The average Bonchev–Trinajstić information content (AvgIpc) is 2.06. The van der Waals surface area contributed by atoms with Gasteiger partial charge >= 0.3 is 0 Å². The van der Waals surface area contributed by atoms with Crippen LogP contribution < -0.4 is 0 Å². The van der Waals surface area contributed by atoms with E-state index in [2.05, 4.69) is 11.2 Å². The highest BCUT2D eigenvalue weighted by Gasteiger charge is 2.10.